The van der Waals surface area contributed by atoms with Gasteiger partial charge in [0.25, 0.3) is 5.56 Å². The van der Waals surface area contributed by atoms with E-state index in [1.807, 2.05) is 0 Å². The molecule has 146 valence electrons. The van der Waals surface area contributed by atoms with Crippen LogP contribution in [0.3, 0.4) is 0 Å². The first kappa shape index (κ1) is 19.5. The first-order valence-electron chi connectivity index (χ1n) is 9.34. The Bertz CT molecular complexity index is 902. The highest BCUT2D eigenvalue weighted by atomic mass is 32.1. The van der Waals surface area contributed by atoms with Crippen molar-refractivity contribution in [1.29, 1.82) is 0 Å². The van der Waals surface area contributed by atoms with Gasteiger partial charge >= 0.3 is 5.97 Å². The number of hydrogen-bond acceptors (Lipinski definition) is 6. The number of aryl methyl sites for hydroxylation is 3. The minimum atomic E-state index is -0.274. The van der Waals surface area contributed by atoms with E-state index in [4.69, 9.17) is 0 Å². The maximum Gasteiger partial charge on any atom is 0.305 e. The molecule has 2 aromatic heterocycles. The minimum absolute atomic E-state index is 0.0342. The molecule has 0 radical (unpaired) electrons. The Morgan fingerprint density at radius 2 is 2.04 bits per heavy atom. The number of nitrogens with one attached hydrogen (secondary N) is 1. The zero-order chi connectivity index (χ0) is 19.4. The zero-order valence-electron chi connectivity index (χ0n) is 15.8. The second-order valence-corrected chi connectivity index (χ2v) is 7.98. The van der Waals surface area contributed by atoms with Crippen LogP contribution in [-0.4, -0.2) is 47.4 Å². The van der Waals surface area contributed by atoms with Crippen molar-refractivity contribution in [3.8, 4) is 0 Å². The number of rotatable bonds is 7. The number of esters is 1. The maximum absolute atomic E-state index is 12.5. The number of carbonyl (C=O) groups is 2. The van der Waals surface area contributed by atoms with Crippen molar-refractivity contribution in [2.45, 2.75) is 51.4 Å². The van der Waals surface area contributed by atoms with E-state index < -0.39 is 0 Å². The van der Waals surface area contributed by atoms with E-state index in [0.717, 1.165) is 29.5 Å². The van der Waals surface area contributed by atoms with E-state index in [1.54, 1.807) is 23.3 Å². The third-order valence-electron chi connectivity index (χ3n) is 4.98. The molecule has 3 rings (SSSR count). The number of nitrogens with zero attached hydrogens (tertiary/aromatic N) is 2. The second kappa shape index (κ2) is 8.65. The highest BCUT2D eigenvalue weighted by molar-refractivity contribution is 7.18. The van der Waals surface area contributed by atoms with Crippen molar-refractivity contribution in [3.05, 3.63) is 26.6 Å². The Morgan fingerprint density at radius 1 is 1.26 bits per heavy atom. The van der Waals surface area contributed by atoms with Crippen LogP contribution >= 0.6 is 11.3 Å². The molecule has 0 unspecified atom stereocenters. The third-order valence-corrected chi connectivity index (χ3v) is 6.16. The zero-order valence-corrected chi connectivity index (χ0v) is 16.6. The molecule has 2 aromatic rings. The first-order chi connectivity index (χ1) is 13.0. The predicted octanol–water partition coefficient (Wildman–Crippen LogP) is 2.21. The number of thiophene rings is 1. The van der Waals surface area contributed by atoms with Crippen LogP contribution in [0.15, 0.2) is 4.79 Å². The Kier molecular flexibility index (Phi) is 6.26. The van der Waals surface area contributed by atoms with Gasteiger partial charge in [0.05, 0.1) is 12.5 Å². The normalized spacial score (nSPS) is 13.4. The molecule has 1 aliphatic carbocycles. The average molecular weight is 391 g/mol. The van der Waals surface area contributed by atoms with Crippen molar-refractivity contribution < 1.29 is 14.3 Å². The molecule has 0 aliphatic heterocycles. The number of carbonyl (C=O) groups excluding carboxylic acids is 2. The highest BCUT2D eigenvalue weighted by Gasteiger charge is 2.20. The number of aromatic nitrogens is 2. The molecule has 1 aliphatic rings. The minimum Gasteiger partial charge on any atom is -0.469 e. The smallest absolute Gasteiger partial charge is 0.305 e. The third kappa shape index (κ3) is 4.55. The topological polar surface area (TPSA) is 92.4 Å². The molecule has 0 atom stereocenters. The number of aromatic amines is 1. The molecule has 0 saturated carbocycles. The summed E-state index contributed by atoms with van der Waals surface area (Å²) < 4.78 is 4.59. The van der Waals surface area contributed by atoms with Crippen LogP contribution < -0.4 is 5.56 Å². The van der Waals surface area contributed by atoms with Gasteiger partial charge in [-0.05, 0) is 37.7 Å². The summed E-state index contributed by atoms with van der Waals surface area (Å²) in [7, 11) is 3.07. The van der Waals surface area contributed by atoms with E-state index in [2.05, 4.69) is 14.7 Å². The summed E-state index contributed by atoms with van der Waals surface area (Å²) in [4.78, 5) is 47.0. The van der Waals surface area contributed by atoms with Gasteiger partial charge in [-0.1, -0.05) is 0 Å². The maximum atomic E-state index is 12.5. The molecule has 2 heterocycles. The van der Waals surface area contributed by atoms with Gasteiger partial charge in [-0.2, -0.15) is 0 Å². The standard InChI is InChI=1S/C19H25N3O4S/c1-22(11-5-8-16(24)26-2)15(23)10-9-14-20-18(25)17-12-6-3-4-7-13(12)27-19(17)21-14/h3-11H2,1-2H3,(H,20,21,25). The fraction of sp³-hybridized carbons (Fsp3) is 0.579. The summed E-state index contributed by atoms with van der Waals surface area (Å²) in [5.74, 6) is 0.250. The molecule has 1 amide bonds. The van der Waals surface area contributed by atoms with Crippen LogP contribution in [0.5, 0.6) is 0 Å². The van der Waals surface area contributed by atoms with E-state index in [1.165, 1.54) is 24.0 Å². The Labute approximate surface area is 161 Å². The number of H-pyrrole nitrogens is 1. The molecule has 0 saturated heterocycles. The number of amides is 1. The fourth-order valence-electron chi connectivity index (χ4n) is 3.43. The Balaban J connectivity index is 1.61. The SMILES string of the molecule is COC(=O)CCCN(C)C(=O)CCc1nc2sc3c(c2c(=O)[nH]1)CCCC3. The second-order valence-electron chi connectivity index (χ2n) is 6.90. The molecule has 1 N–H and O–H groups in total. The summed E-state index contributed by atoms with van der Waals surface area (Å²) >= 11 is 1.61. The lowest BCUT2D eigenvalue weighted by molar-refractivity contribution is -0.141. The van der Waals surface area contributed by atoms with Crippen LogP contribution in [0.4, 0.5) is 0 Å². The lowest BCUT2D eigenvalue weighted by atomic mass is 9.97. The lowest BCUT2D eigenvalue weighted by Crippen LogP contribution is -2.28. The Hall–Kier alpha value is -2.22. The highest BCUT2D eigenvalue weighted by Crippen LogP contribution is 2.33. The molecule has 27 heavy (non-hydrogen) atoms. The van der Waals surface area contributed by atoms with Crippen molar-refractivity contribution >= 4 is 33.4 Å². The Morgan fingerprint density at radius 3 is 2.81 bits per heavy atom. The van der Waals surface area contributed by atoms with Gasteiger partial charge in [0.1, 0.15) is 10.7 Å². The van der Waals surface area contributed by atoms with Gasteiger partial charge in [-0.15, -0.1) is 11.3 Å². The molecular formula is C19H25N3O4S. The monoisotopic (exact) mass is 391 g/mol. The predicted molar refractivity (Wildman–Crippen MR) is 104 cm³/mol. The lowest BCUT2D eigenvalue weighted by Gasteiger charge is -2.16. The van der Waals surface area contributed by atoms with Gasteiger partial charge in [-0.25, -0.2) is 4.98 Å². The van der Waals surface area contributed by atoms with Crippen LogP contribution in [0.25, 0.3) is 10.2 Å². The molecule has 8 heteroatoms. The van der Waals surface area contributed by atoms with Gasteiger partial charge in [0.15, 0.2) is 0 Å². The van der Waals surface area contributed by atoms with Crippen molar-refractivity contribution in [2.75, 3.05) is 20.7 Å². The van der Waals surface area contributed by atoms with Gasteiger partial charge in [0.2, 0.25) is 5.91 Å². The van der Waals surface area contributed by atoms with E-state index in [0.29, 0.717) is 31.6 Å². The van der Waals surface area contributed by atoms with Crippen LogP contribution in [0, 0.1) is 0 Å². The largest absolute Gasteiger partial charge is 0.469 e. The fourth-order valence-corrected chi connectivity index (χ4v) is 4.71. The van der Waals surface area contributed by atoms with E-state index >= 15 is 0 Å². The van der Waals surface area contributed by atoms with Gasteiger partial charge in [0, 0.05) is 37.7 Å². The van der Waals surface area contributed by atoms with Crippen LogP contribution in [0.2, 0.25) is 0 Å². The van der Waals surface area contributed by atoms with Crippen molar-refractivity contribution in [2.24, 2.45) is 0 Å². The molecule has 7 nitrogen and oxygen atoms in total. The summed E-state index contributed by atoms with van der Waals surface area (Å²) in [6.07, 6.45) is 5.80. The van der Waals surface area contributed by atoms with E-state index in [9.17, 15) is 14.4 Å². The van der Waals surface area contributed by atoms with Crippen LogP contribution in [-0.2, 0) is 33.6 Å². The molecule has 0 aromatic carbocycles. The number of hydrogen-bond donors (Lipinski definition) is 1. The van der Waals surface area contributed by atoms with Crippen LogP contribution in [0.1, 0.15) is 48.4 Å². The number of fused-ring (bicyclic) bond motifs is 3. The summed E-state index contributed by atoms with van der Waals surface area (Å²) in [6, 6.07) is 0. The molecule has 0 fully saturated rings. The molecule has 0 bridgehead atoms. The van der Waals surface area contributed by atoms with Crippen molar-refractivity contribution in [3.63, 3.8) is 0 Å². The summed E-state index contributed by atoms with van der Waals surface area (Å²) in [6.45, 7) is 0.495. The van der Waals surface area contributed by atoms with E-state index in [-0.39, 0.29) is 23.9 Å². The van der Waals surface area contributed by atoms with Gasteiger partial charge < -0.3 is 14.6 Å². The summed E-state index contributed by atoms with van der Waals surface area (Å²) in [5, 5.41) is 0.740. The average Bonchev–Trinajstić information content (AvgIpc) is 3.04. The molecule has 0 spiro atoms. The number of methoxy groups -OCH3 is 1. The quantitative estimate of drug-likeness (QED) is 0.731. The first-order valence-corrected chi connectivity index (χ1v) is 10.2. The van der Waals surface area contributed by atoms with Crippen molar-refractivity contribution in [1.82, 2.24) is 14.9 Å². The number of ether oxygens (including phenoxy) is 1. The summed E-state index contributed by atoms with van der Waals surface area (Å²) in [5.41, 5.74) is 1.08. The molecular weight excluding hydrogens is 366 g/mol. The van der Waals surface area contributed by atoms with Gasteiger partial charge in [-0.3, -0.25) is 14.4 Å².